The number of benzene rings is 3. The summed E-state index contributed by atoms with van der Waals surface area (Å²) in [7, 11) is 0. The Labute approximate surface area is 219 Å². The number of aliphatic hydroxyl groups excluding tert-OH is 1. The Morgan fingerprint density at radius 1 is 0.895 bits per heavy atom. The maximum absolute atomic E-state index is 13.5. The number of aliphatic hydroxyl groups is 1. The smallest absolute Gasteiger partial charge is 0.254 e. The van der Waals surface area contributed by atoms with Gasteiger partial charge in [0.25, 0.3) is 5.91 Å². The van der Waals surface area contributed by atoms with Gasteiger partial charge in [-0.05, 0) is 54.5 Å². The molecule has 3 aromatic carbocycles. The summed E-state index contributed by atoms with van der Waals surface area (Å²) < 4.78 is 27.0. The molecule has 0 unspecified atom stereocenters. The molecular weight excluding hydrogens is 492 g/mol. The van der Waals surface area contributed by atoms with Crippen LogP contribution in [0.1, 0.15) is 54.5 Å². The number of halogens is 2. The lowest BCUT2D eigenvalue weighted by Gasteiger charge is -2.23. The Bertz CT molecular complexity index is 1270. The number of carbonyl (C=O) groups excluding carboxylic acids is 3. The van der Waals surface area contributed by atoms with Gasteiger partial charge in [-0.25, -0.2) is 8.78 Å². The molecule has 4 N–H and O–H groups in total. The number of amides is 3. The second kappa shape index (κ2) is 12.0. The second-order valence-electron chi connectivity index (χ2n) is 9.45. The Balaban J connectivity index is 1.46. The minimum atomic E-state index is -1.88. The molecule has 9 heteroatoms. The van der Waals surface area contributed by atoms with E-state index in [0.717, 1.165) is 23.3 Å². The molecule has 0 bridgehead atoms. The van der Waals surface area contributed by atoms with Crippen LogP contribution in [-0.4, -0.2) is 34.9 Å². The van der Waals surface area contributed by atoms with Crippen LogP contribution in [0.15, 0.2) is 78.9 Å². The maximum Gasteiger partial charge on any atom is 0.254 e. The summed E-state index contributed by atoms with van der Waals surface area (Å²) in [5.74, 6) is -3.92. The van der Waals surface area contributed by atoms with Crippen molar-refractivity contribution >= 4 is 17.7 Å². The molecule has 1 aliphatic rings. The van der Waals surface area contributed by atoms with Crippen LogP contribution < -0.4 is 16.0 Å². The summed E-state index contributed by atoms with van der Waals surface area (Å²) in [6.45, 7) is 1.39. The van der Waals surface area contributed by atoms with Crippen molar-refractivity contribution in [3.8, 4) is 0 Å². The average Bonchev–Trinajstić information content (AvgIpc) is 3.07. The Morgan fingerprint density at radius 3 is 2.08 bits per heavy atom. The summed E-state index contributed by atoms with van der Waals surface area (Å²) >= 11 is 0. The van der Waals surface area contributed by atoms with Gasteiger partial charge in [0.2, 0.25) is 11.8 Å². The van der Waals surface area contributed by atoms with Crippen molar-refractivity contribution < 1.29 is 28.3 Å². The molecule has 3 aromatic rings. The summed E-state index contributed by atoms with van der Waals surface area (Å²) in [4.78, 5) is 38.6. The van der Waals surface area contributed by atoms with Gasteiger partial charge in [0.1, 0.15) is 23.7 Å². The highest BCUT2D eigenvalue weighted by molar-refractivity contribution is 5.93. The second-order valence-corrected chi connectivity index (χ2v) is 9.45. The van der Waals surface area contributed by atoms with E-state index in [-0.39, 0.29) is 23.4 Å². The zero-order chi connectivity index (χ0) is 27.2. The summed E-state index contributed by atoms with van der Waals surface area (Å²) in [5, 5.41) is 18.3. The van der Waals surface area contributed by atoms with Gasteiger partial charge in [-0.1, -0.05) is 60.7 Å². The van der Waals surface area contributed by atoms with Crippen LogP contribution in [0.5, 0.6) is 0 Å². The quantitative estimate of drug-likeness (QED) is 0.382. The first kappa shape index (κ1) is 26.9. The minimum absolute atomic E-state index is 0.0414. The summed E-state index contributed by atoms with van der Waals surface area (Å²) in [5.41, 5.74) is 1.71. The normalized spacial score (nSPS) is 20.9. The lowest BCUT2D eigenvalue weighted by atomic mass is 9.86. The molecule has 38 heavy (non-hydrogen) atoms. The zero-order valence-electron chi connectivity index (χ0n) is 20.7. The zero-order valence-corrected chi connectivity index (χ0v) is 20.7. The van der Waals surface area contributed by atoms with Crippen molar-refractivity contribution in [3.63, 3.8) is 0 Å². The van der Waals surface area contributed by atoms with E-state index in [1.54, 1.807) is 0 Å². The molecule has 1 aliphatic heterocycles. The number of hydrogen-bond acceptors (Lipinski definition) is 4. The molecule has 1 heterocycles. The fourth-order valence-corrected chi connectivity index (χ4v) is 4.67. The molecule has 0 aliphatic carbocycles. The van der Waals surface area contributed by atoms with E-state index >= 15 is 0 Å². The predicted molar refractivity (Wildman–Crippen MR) is 137 cm³/mol. The molecule has 7 nitrogen and oxygen atoms in total. The van der Waals surface area contributed by atoms with E-state index < -0.39 is 41.6 Å². The van der Waals surface area contributed by atoms with Gasteiger partial charge in [-0.15, -0.1) is 0 Å². The van der Waals surface area contributed by atoms with E-state index in [1.807, 2.05) is 60.7 Å². The standard InChI is InChI=1S/C29H29F2N3O4/c1-17(32-29(38)26(35)21-12-22(30)16-23(31)13-21)27(36)34-25-15-20(18-8-4-2-5-9-18)14-24(33-28(25)37)19-10-6-3-7-11-19/h2-13,16-17,20,24-26,35H,14-15H2,1H3,(H,32,38)(H,33,37)(H,34,36)/t17-,20+,24+,25-,26+/m0/s1. The number of nitrogens with one attached hydrogen (secondary N) is 3. The molecule has 5 atom stereocenters. The fourth-order valence-electron chi connectivity index (χ4n) is 4.67. The van der Waals surface area contributed by atoms with E-state index in [9.17, 15) is 28.3 Å². The average molecular weight is 522 g/mol. The van der Waals surface area contributed by atoms with Gasteiger partial charge in [-0.3, -0.25) is 14.4 Å². The van der Waals surface area contributed by atoms with Crippen LogP contribution in [0.3, 0.4) is 0 Å². The van der Waals surface area contributed by atoms with Gasteiger partial charge in [0.05, 0.1) is 6.04 Å². The number of rotatable bonds is 7. The molecule has 198 valence electrons. The first-order valence-corrected chi connectivity index (χ1v) is 12.4. The maximum atomic E-state index is 13.5. The number of carbonyl (C=O) groups is 3. The Morgan fingerprint density at radius 2 is 1.47 bits per heavy atom. The van der Waals surface area contributed by atoms with Crippen molar-refractivity contribution in [1.29, 1.82) is 0 Å². The highest BCUT2D eigenvalue weighted by atomic mass is 19.1. The van der Waals surface area contributed by atoms with Crippen LogP contribution >= 0.6 is 0 Å². The highest BCUT2D eigenvalue weighted by Gasteiger charge is 2.34. The van der Waals surface area contributed by atoms with E-state index in [2.05, 4.69) is 16.0 Å². The van der Waals surface area contributed by atoms with Crippen molar-refractivity contribution in [2.45, 2.75) is 49.9 Å². The summed E-state index contributed by atoms with van der Waals surface area (Å²) in [6, 6.07) is 19.4. The lowest BCUT2D eigenvalue weighted by molar-refractivity contribution is -0.135. The first-order valence-electron chi connectivity index (χ1n) is 12.4. The van der Waals surface area contributed by atoms with E-state index in [4.69, 9.17) is 0 Å². The molecule has 0 spiro atoms. The van der Waals surface area contributed by atoms with Crippen molar-refractivity contribution in [3.05, 3.63) is 107 Å². The third-order valence-electron chi connectivity index (χ3n) is 6.66. The SMILES string of the molecule is C[C@H](NC(=O)[C@H](O)c1cc(F)cc(F)c1)C(=O)N[C@H]1C[C@H](c2ccccc2)C[C@H](c2ccccc2)NC1=O. The van der Waals surface area contributed by atoms with Gasteiger partial charge >= 0.3 is 0 Å². The van der Waals surface area contributed by atoms with Gasteiger partial charge in [-0.2, -0.15) is 0 Å². The van der Waals surface area contributed by atoms with E-state index in [0.29, 0.717) is 18.9 Å². The van der Waals surface area contributed by atoms with Gasteiger partial charge < -0.3 is 21.1 Å². The Kier molecular flexibility index (Phi) is 8.48. The van der Waals surface area contributed by atoms with Crippen molar-refractivity contribution in [2.75, 3.05) is 0 Å². The largest absolute Gasteiger partial charge is 0.378 e. The van der Waals surface area contributed by atoms with Gasteiger partial charge in [0.15, 0.2) is 6.10 Å². The molecular formula is C29H29F2N3O4. The molecule has 0 radical (unpaired) electrons. The van der Waals surface area contributed by atoms with Crippen molar-refractivity contribution in [2.24, 2.45) is 0 Å². The third-order valence-corrected chi connectivity index (χ3v) is 6.66. The monoisotopic (exact) mass is 521 g/mol. The Hall–Kier alpha value is -4.11. The van der Waals surface area contributed by atoms with Crippen LogP contribution in [0.4, 0.5) is 8.78 Å². The topological polar surface area (TPSA) is 108 Å². The third kappa shape index (κ3) is 6.60. The fraction of sp³-hybridized carbons (Fsp3) is 0.276. The molecule has 1 saturated heterocycles. The number of hydrogen-bond donors (Lipinski definition) is 4. The highest BCUT2D eigenvalue weighted by Crippen LogP contribution is 2.34. The van der Waals surface area contributed by atoms with Crippen LogP contribution in [-0.2, 0) is 14.4 Å². The van der Waals surface area contributed by atoms with Crippen LogP contribution in [0, 0.1) is 11.6 Å². The van der Waals surface area contributed by atoms with Crippen LogP contribution in [0.25, 0.3) is 0 Å². The molecule has 1 fully saturated rings. The molecule has 4 rings (SSSR count). The van der Waals surface area contributed by atoms with Gasteiger partial charge in [0, 0.05) is 6.07 Å². The summed E-state index contributed by atoms with van der Waals surface area (Å²) in [6.07, 6.45) is -0.906. The minimum Gasteiger partial charge on any atom is -0.378 e. The lowest BCUT2D eigenvalue weighted by Crippen LogP contribution is -2.53. The predicted octanol–water partition coefficient (Wildman–Crippen LogP) is 3.42. The molecule has 0 aromatic heterocycles. The molecule has 3 amide bonds. The molecule has 0 saturated carbocycles. The van der Waals surface area contributed by atoms with Crippen molar-refractivity contribution in [1.82, 2.24) is 16.0 Å². The van der Waals surface area contributed by atoms with Crippen LogP contribution in [0.2, 0.25) is 0 Å². The van der Waals surface area contributed by atoms with E-state index in [1.165, 1.54) is 6.92 Å². The first-order chi connectivity index (χ1) is 18.2.